The lowest BCUT2D eigenvalue weighted by molar-refractivity contribution is -0.185. The number of allylic oxidation sites excluding steroid dienone is 1. The van der Waals surface area contributed by atoms with E-state index in [9.17, 15) is 18.0 Å². The average molecular weight is 442 g/mol. The van der Waals surface area contributed by atoms with Crippen molar-refractivity contribution in [2.24, 2.45) is 4.99 Å². The van der Waals surface area contributed by atoms with Gasteiger partial charge in [0.2, 0.25) is 0 Å². The third-order valence-electron chi connectivity index (χ3n) is 5.72. The molecule has 168 valence electrons. The monoisotopic (exact) mass is 442 g/mol. The van der Waals surface area contributed by atoms with Crippen molar-refractivity contribution >= 4 is 23.4 Å². The molecule has 0 bridgehead atoms. The van der Waals surface area contributed by atoms with Crippen LogP contribution >= 0.6 is 0 Å². The highest BCUT2D eigenvalue weighted by molar-refractivity contribution is 6.15. The Labute approximate surface area is 185 Å². The number of anilines is 1. The van der Waals surface area contributed by atoms with Crippen LogP contribution in [0.15, 0.2) is 59.4 Å². The number of aromatic nitrogens is 1. The first-order valence-electron chi connectivity index (χ1n) is 10.8. The molecule has 0 saturated carbocycles. The number of rotatable bonds is 3. The van der Waals surface area contributed by atoms with Crippen molar-refractivity contribution in [3.63, 3.8) is 0 Å². The van der Waals surface area contributed by atoms with Gasteiger partial charge in [0.05, 0.1) is 5.71 Å². The number of alkyl halides is 3. The summed E-state index contributed by atoms with van der Waals surface area (Å²) < 4.78 is 38.4. The van der Waals surface area contributed by atoms with E-state index in [1.54, 1.807) is 6.20 Å². The van der Waals surface area contributed by atoms with Gasteiger partial charge in [-0.1, -0.05) is 12.1 Å². The number of hydrogen-bond acceptors (Lipinski definition) is 4. The molecule has 0 N–H and O–H groups in total. The fraction of sp³-hybridized carbons (Fsp3) is 0.375. The summed E-state index contributed by atoms with van der Waals surface area (Å²) in [5.41, 5.74) is 5.07. The average Bonchev–Trinajstić information content (AvgIpc) is 3.05. The molecule has 32 heavy (non-hydrogen) atoms. The van der Waals surface area contributed by atoms with Gasteiger partial charge in [-0.3, -0.25) is 14.8 Å². The highest BCUT2D eigenvalue weighted by atomic mass is 19.4. The van der Waals surface area contributed by atoms with Gasteiger partial charge in [0, 0.05) is 56.4 Å². The van der Waals surface area contributed by atoms with Gasteiger partial charge >= 0.3 is 12.1 Å². The maximum atomic E-state index is 12.8. The Balaban J connectivity index is 1.52. The molecule has 1 amide bonds. The number of carbonyl (C=O) groups is 1. The standard InChI is InChI=1S/C24H25F3N4O/c25-24(26,27)23(32)31-12-4-11-30(13-14-31)21-8-1-5-18(16-21)15-19-6-3-10-29-22(19)20-7-2-9-28-17-20/h1-2,5,7-9,15-17H,3-4,6,10-14H2/b19-15+. The molecular formula is C24H25F3N4O. The van der Waals surface area contributed by atoms with E-state index < -0.39 is 12.1 Å². The molecule has 3 heterocycles. The fourth-order valence-corrected chi connectivity index (χ4v) is 4.17. The first-order valence-corrected chi connectivity index (χ1v) is 10.8. The maximum Gasteiger partial charge on any atom is 0.471 e. The van der Waals surface area contributed by atoms with Crippen LogP contribution < -0.4 is 4.90 Å². The van der Waals surface area contributed by atoms with Gasteiger partial charge in [-0.15, -0.1) is 0 Å². The fourth-order valence-electron chi connectivity index (χ4n) is 4.17. The lowest BCUT2D eigenvalue weighted by Gasteiger charge is -2.24. The number of aliphatic imine (C=N–C) groups is 1. The normalized spacial score (nSPS) is 19.0. The van der Waals surface area contributed by atoms with Crippen LogP contribution in [-0.4, -0.2) is 60.4 Å². The van der Waals surface area contributed by atoms with E-state index in [1.165, 1.54) is 0 Å². The molecule has 4 rings (SSSR count). The minimum absolute atomic E-state index is 0.0570. The number of hydrogen-bond donors (Lipinski definition) is 0. The molecule has 0 unspecified atom stereocenters. The molecule has 1 aromatic heterocycles. The number of pyridine rings is 1. The van der Waals surface area contributed by atoms with E-state index in [2.05, 4.69) is 11.1 Å². The van der Waals surface area contributed by atoms with Crippen LogP contribution in [-0.2, 0) is 4.79 Å². The molecule has 2 aromatic rings. The minimum atomic E-state index is -4.82. The summed E-state index contributed by atoms with van der Waals surface area (Å²) >= 11 is 0. The summed E-state index contributed by atoms with van der Waals surface area (Å²) in [4.78, 5) is 23.5. The Hall–Kier alpha value is -3.16. The summed E-state index contributed by atoms with van der Waals surface area (Å²) in [6.45, 7) is 1.93. The Kier molecular flexibility index (Phi) is 6.58. The molecule has 1 aromatic carbocycles. The highest BCUT2D eigenvalue weighted by Gasteiger charge is 2.42. The van der Waals surface area contributed by atoms with Gasteiger partial charge in [-0.05, 0) is 60.7 Å². The van der Waals surface area contributed by atoms with Gasteiger partial charge in [0.15, 0.2) is 0 Å². The summed E-state index contributed by atoms with van der Waals surface area (Å²) in [7, 11) is 0. The van der Waals surface area contributed by atoms with Crippen LogP contribution in [0, 0.1) is 0 Å². The second kappa shape index (κ2) is 9.54. The van der Waals surface area contributed by atoms with Crippen LogP contribution in [0.2, 0.25) is 0 Å². The number of halogens is 3. The van der Waals surface area contributed by atoms with Crippen LogP contribution in [0.1, 0.15) is 30.4 Å². The summed E-state index contributed by atoms with van der Waals surface area (Å²) in [5, 5.41) is 0. The van der Waals surface area contributed by atoms with Crippen LogP contribution in [0.25, 0.3) is 6.08 Å². The Bertz CT molecular complexity index is 1020. The topological polar surface area (TPSA) is 48.8 Å². The minimum Gasteiger partial charge on any atom is -0.370 e. The van der Waals surface area contributed by atoms with Gasteiger partial charge in [-0.2, -0.15) is 13.2 Å². The number of carbonyl (C=O) groups excluding carboxylic acids is 1. The number of nitrogens with zero attached hydrogens (tertiary/aromatic N) is 4. The Morgan fingerprint density at radius 2 is 1.91 bits per heavy atom. The zero-order valence-corrected chi connectivity index (χ0v) is 17.7. The van der Waals surface area contributed by atoms with Gasteiger partial charge < -0.3 is 9.80 Å². The van der Waals surface area contributed by atoms with E-state index >= 15 is 0 Å². The molecule has 0 spiro atoms. The van der Waals surface area contributed by atoms with Crippen molar-refractivity contribution in [3.8, 4) is 0 Å². The molecule has 0 aliphatic carbocycles. The Morgan fingerprint density at radius 3 is 2.69 bits per heavy atom. The third-order valence-corrected chi connectivity index (χ3v) is 5.72. The molecule has 8 heteroatoms. The Morgan fingerprint density at radius 1 is 1.03 bits per heavy atom. The summed E-state index contributed by atoms with van der Waals surface area (Å²) in [6, 6.07) is 11.9. The predicted molar refractivity (Wildman–Crippen MR) is 119 cm³/mol. The van der Waals surface area contributed by atoms with Gasteiger partial charge in [0.1, 0.15) is 0 Å². The van der Waals surface area contributed by atoms with Crippen molar-refractivity contribution in [2.45, 2.75) is 25.4 Å². The van der Waals surface area contributed by atoms with Crippen LogP contribution in [0.3, 0.4) is 0 Å². The van der Waals surface area contributed by atoms with E-state index in [1.807, 2.05) is 47.5 Å². The van der Waals surface area contributed by atoms with Crippen molar-refractivity contribution in [1.82, 2.24) is 9.88 Å². The quantitative estimate of drug-likeness (QED) is 0.710. The highest BCUT2D eigenvalue weighted by Crippen LogP contribution is 2.25. The van der Waals surface area contributed by atoms with Crippen molar-refractivity contribution < 1.29 is 18.0 Å². The summed E-state index contributed by atoms with van der Waals surface area (Å²) in [5.74, 6) is -1.75. The number of benzene rings is 1. The first-order chi connectivity index (χ1) is 15.4. The number of amides is 1. The lowest BCUT2D eigenvalue weighted by Crippen LogP contribution is -2.43. The largest absolute Gasteiger partial charge is 0.471 e. The third kappa shape index (κ3) is 5.18. The molecular weight excluding hydrogens is 417 g/mol. The van der Waals surface area contributed by atoms with Crippen molar-refractivity contribution in [3.05, 3.63) is 65.5 Å². The smallest absolute Gasteiger partial charge is 0.370 e. The molecule has 5 nitrogen and oxygen atoms in total. The van der Waals surface area contributed by atoms with Gasteiger partial charge in [-0.25, -0.2) is 0 Å². The molecule has 0 radical (unpaired) electrons. The maximum absolute atomic E-state index is 12.8. The van der Waals surface area contributed by atoms with E-state index in [0.29, 0.717) is 19.5 Å². The van der Waals surface area contributed by atoms with Crippen LogP contribution in [0.4, 0.5) is 18.9 Å². The predicted octanol–water partition coefficient (Wildman–Crippen LogP) is 4.35. The second-order valence-corrected chi connectivity index (χ2v) is 7.97. The zero-order valence-electron chi connectivity index (χ0n) is 17.7. The molecule has 1 fully saturated rings. The van der Waals surface area contributed by atoms with Crippen LogP contribution in [0.5, 0.6) is 0 Å². The molecule has 2 aliphatic rings. The van der Waals surface area contributed by atoms with E-state index in [4.69, 9.17) is 4.99 Å². The molecule has 2 aliphatic heterocycles. The van der Waals surface area contributed by atoms with Gasteiger partial charge in [0.25, 0.3) is 0 Å². The second-order valence-electron chi connectivity index (χ2n) is 7.97. The van der Waals surface area contributed by atoms with Crippen molar-refractivity contribution in [1.29, 1.82) is 0 Å². The molecule has 1 saturated heterocycles. The summed E-state index contributed by atoms with van der Waals surface area (Å²) in [6.07, 6.45) is 3.27. The zero-order chi connectivity index (χ0) is 22.6. The lowest BCUT2D eigenvalue weighted by atomic mass is 9.95. The SMILES string of the molecule is O=C(N1CCCN(c2cccc(/C=C3\CCCN=C3c3cccnc3)c2)CC1)C(F)(F)F. The molecule has 0 atom stereocenters. The van der Waals surface area contributed by atoms with E-state index in [-0.39, 0.29) is 13.1 Å². The van der Waals surface area contributed by atoms with E-state index in [0.717, 1.165) is 52.4 Å². The van der Waals surface area contributed by atoms with Crippen molar-refractivity contribution in [2.75, 3.05) is 37.6 Å². The first kappa shape index (κ1) is 22.0.